The molecule has 5 fully saturated rings. The SMILES string of the molecule is CC(=O)O[C@H]1[C@H](O)C[C@@]2(C)[C@@H](CC[C@@]3(C)[C@H]2CC[C@H]2[C@]4(C)CCC(C)(C)[C@H](O)[C@H]4CC[C@@]23C)C1(C)C. The van der Waals surface area contributed by atoms with Crippen LogP contribution in [0.5, 0.6) is 0 Å². The lowest BCUT2D eigenvalue weighted by molar-refractivity contribution is -0.280. The van der Waals surface area contributed by atoms with E-state index < -0.39 is 12.2 Å². The first-order valence-corrected chi connectivity index (χ1v) is 15.0. The summed E-state index contributed by atoms with van der Waals surface area (Å²) in [5.74, 6) is 1.76. The van der Waals surface area contributed by atoms with Gasteiger partial charge in [-0.2, -0.15) is 0 Å². The minimum absolute atomic E-state index is 0.0207. The van der Waals surface area contributed by atoms with Crippen molar-refractivity contribution in [3.8, 4) is 0 Å². The number of hydrogen-bond acceptors (Lipinski definition) is 4. The molecule has 0 heterocycles. The Hall–Kier alpha value is -0.610. The molecule has 5 aliphatic rings. The van der Waals surface area contributed by atoms with Crippen LogP contribution in [0.2, 0.25) is 0 Å². The topological polar surface area (TPSA) is 66.8 Å². The Morgan fingerprint density at radius 3 is 1.86 bits per heavy atom. The zero-order chi connectivity index (χ0) is 26.7. The van der Waals surface area contributed by atoms with Gasteiger partial charge in [-0.1, -0.05) is 55.4 Å². The van der Waals surface area contributed by atoms with Crippen molar-refractivity contribution < 1.29 is 19.7 Å². The summed E-state index contributed by atoms with van der Waals surface area (Å²) in [6.07, 6.45) is 9.00. The molecule has 0 aromatic rings. The first-order valence-electron chi connectivity index (χ1n) is 15.0. The number of fused-ring (bicyclic) bond motifs is 7. The Morgan fingerprint density at radius 1 is 0.722 bits per heavy atom. The molecule has 0 amide bonds. The molecule has 5 aliphatic carbocycles. The van der Waals surface area contributed by atoms with Gasteiger partial charge < -0.3 is 14.9 Å². The van der Waals surface area contributed by atoms with Gasteiger partial charge in [-0.05, 0) is 109 Å². The second-order valence-electron chi connectivity index (χ2n) is 16.3. The Balaban J connectivity index is 1.51. The predicted molar refractivity (Wildman–Crippen MR) is 143 cm³/mol. The summed E-state index contributed by atoms with van der Waals surface area (Å²) in [4.78, 5) is 11.9. The van der Waals surface area contributed by atoms with Gasteiger partial charge in [-0.15, -0.1) is 0 Å². The van der Waals surface area contributed by atoms with Gasteiger partial charge in [0.25, 0.3) is 0 Å². The van der Waals surface area contributed by atoms with Gasteiger partial charge in [0.2, 0.25) is 0 Å². The number of carbonyl (C=O) groups is 1. The van der Waals surface area contributed by atoms with Crippen LogP contribution in [0.3, 0.4) is 0 Å². The van der Waals surface area contributed by atoms with Crippen molar-refractivity contribution in [1.29, 1.82) is 0 Å². The largest absolute Gasteiger partial charge is 0.459 e. The van der Waals surface area contributed by atoms with E-state index in [1.165, 1.54) is 39.0 Å². The zero-order valence-corrected chi connectivity index (χ0v) is 24.6. The van der Waals surface area contributed by atoms with Crippen LogP contribution in [0, 0.1) is 56.2 Å². The molecule has 0 aromatic heterocycles. The van der Waals surface area contributed by atoms with E-state index in [0.29, 0.717) is 23.7 Å². The first kappa shape index (κ1) is 27.0. The highest BCUT2D eigenvalue weighted by Gasteiger charge is 2.72. The fourth-order valence-electron chi connectivity index (χ4n) is 12.2. The third kappa shape index (κ3) is 3.28. The molecule has 4 heteroatoms. The number of aliphatic hydroxyl groups is 2. The summed E-state index contributed by atoms with van der Waals surface area (Å²) in [6, 6.07) is 0. The second kappa shape index (κ2) is 7.96. The van der Waals surface area contributed by atoms with Gasteiger partial charge in [0.05, 0.1) is 12.2 Å². The molecule has 11 atom stereocenters. The van der Waals surface area contributed by atoms with Crippen LogP contribution in [-0.4, -0.2) is 34.5 Å². The fraction of sp³-hybridized carbons (Fsp3) is 0.969. The molecule has 0 spiro atoms. The van der Waals surface area contributed by atoms with E-state index in [0.717, 1.165) is 25.7 Å². The van der Waals surface area contributed by atoms with Gasteiger partial charge in [0.15, 0.2) is 0 Å². The van der Waals surface area contributed by atoms with Crippen LogP contribution in [0.1, 0.15) is 120 Å². The molecule has 5 saturated carbocycles. The summed E-state index contributed by atoms with van der Waals surface area (Å²) in [7, 11) is 0. The molecular formula is C32H54O4. The van der Waals surface area contributed by atoms with Crippen LogP contribution in [0.15, 0.2) is 0 Å². The molecule has 0 saturated heterocycles. The second-order valence-corrected chi connectivity index (χ2v) is 16.3. The molecule has 0 aliphatic heterocycles. The number of rotatable bonds is 1. The van der Waals surface area contributed by atoms with Crippen molar-refractivity contribution in [3.63, 3.8) is 0 Å². The average Bonchev–Trinajstić information content (AvgIpc) is 2.75. The summed E-state index contributed by atoms with van der Waals surface area (Å²) in [5, 5.41) is 22.9. The van der Waals surface area contributed by atoms with E-state index in [1.807, 2.05) is 0 Å². The third-order valence-electron chi connectivity index (χ3n) is 14.2. The number of esters is 1. The molecule has 36 heavy (non-hydrogen) atoms. The molecule has 0 radical (unpaired) electrons. The molecule has 0 aromatic carbocycles. The van der Waals surface area contributed by atoms with Gasteiger partial charge in [0.1, 0.15) is 6.10 Å². The lowest BCUT2D eigenvalue weighted by Gasteiger charge is -2.74. The molecule has 0 bridgehead atoms. The Kier molecular flexibility index (Phi) is 5.97. The van der Waals surface area contributed by atoms with Crippen molar-refractivity contribution in [3.05, 3.63) is 0 Å². The van der Waals surface area contributed by atoms with E-state index in [1.54, 1.807) is 0 Å². The average molecular weight is 503 g/mol. The number of hydrogen-bond donors (Lipinski definition) is 2. The van der Waals surface area contributed by atoms with Gasteiger partial charge >= 0.3 is 5.97 Å². The van der Waals surface area contributed by atoms with E-state index >= 15 is 0 Å². The lowest BCUT2D eigenvalue weighted by Crippen LogP contribution is -2.70. The van der Waals surface area contributed by atoms with Crippen molar-refractivity contribution in [2.24, 2.45) is 56.2 Å². The van der Waals surface area contributed by atoms with E-state index in [9.17, 15) is 15.0 Å². The summed E-state index contributed by atoms with van der Waals surface area (Å²) < 4.78 is 5.77. The molecule has 4 nitrogen and oxygen atoms in total. The fourth-order valence-corrected chi connectivity index (χ4v) is 12.2. The van der Waals surface area contributed by atoms with Gasteiger partial charge in [-0.25, -0.2) is 0 Å². The lowest BCUT2D eigenvalue weighted by atomic mass is 9.30. The van der Waals surface area contributed by atoms with Crippen molar-refractivity contribution in [2.75, 3.05) is 0 Å². The quantitative estimate of drug-likeness (QED) is 0.389. The maximum atomic E-state index is 11.9. The third-order valence-corrected chi connectivity index (χ3v) is 14.2. The number of aliphatic hydroxyl groups excluding tert-OH is 2. The highest BCUT2D eigenvalue weighted by molar-refractivity contribution is 5.66. The Morgan fingerprint density at radius 2 is 1.28 bits per heavy atom. The van der Waals surface area contributed by atoms with Crippen LogP contribution in [0.25, 0.3) is 0 Å². The molecule has 2 N–H and O–H groups in total. The van der Waals surface area contributed by atoms with Gasteiger partial charge in [-0.3, -0.25) is 4.79 Å². The summed E-state index contributed by atoms with van der Waals surface area (Å²) >= 11 is 0. The Bertz CT molecular complexity index is 910. The standard InChI is InChI=1S/C32H54O4/c1-19(33)36-26-21(34)18-30(7)22(28(26,4)5)13-15-32(9)24(30)11-10-23-29(6)17-16-27(2,3)25(35)20(29)12-14-31(23,32)8/h20-26,34-35H,10-18H2,1-9H3/t20-,21-,22+,23+,24+,25-,26+,29-,30+,31+,32+/m1/s1. The molecule has 5 rings (SSSR count). The number of carbonyl (C=O) groups excluding carboxylic acids is 1. The van der Waals surface area contributed by atoms with E-state index in [2.05, 4.69) is 55.4 Å². The van der Waals surface area contributed by atoms with E-state index in [4.69, 9.17) is 4.74 Å². The summed E-state index contributed by atoms with van der Waals surface area (Å²) in [6.45, 7) is 20.7. The van der Waals surface area contributed by atoms with E-state index in [-0.39, 0.29) is 44.6 Å². The van der Waals surface area contributed by atoms with Crippen LogP contribution < -0.4 is 0 Å². The van der Waals surface area contributed by atoms with Crippen LogP contribution in [-0.2, 0) is 9.53 Å². The van der Waals surface area contributed by atoms with Crippen LogP contribution in [0.4, 0.5) is 0 Å². The van der Waals surface area contributed by atoms with Crippen LogP contribution >= 0.6 is 0 Å². The van der Waals surface area contributed by atoms with Crippen molar-refractivity contribution >= 4 is 5.97 Å². The normalized spacial score (nSPS) is 55.4. The molecule has 0 unspecified atom stereocenters. The number of ether oxygens (including phenoxy) is 1. The van der Waals surface area contributed by atoms with Gasteiger partial charge in [0, 0.05) is 12.3 Å². The van der Waals surface area contributed by atoms with Crippen molar-refractivity contribution in [1.82, 2.24) is 0 Å². The summed E-state index contributed by atoms with van der Waals surface area (Å²) in [5.41, 5.74) is 0.480. The monoisotopic (exact) mass is 502 g/mol. The minimum atomic E-state index is -0.609. The molecule has 206 valence electrons. The molecular weight excluding hydrogens is 448 g/mol. The minimum Gasteiger partial charge on any atom is -0.459 e. The Labute approximate surface area is 220 Å². The zero-order valence-electron chi connectivity index (χ0n) is 24.6. The maximum absolute atomic E-state index is 11.9. The first-order chi connectivity index (χ1) is 16.4. The maximum Gasteiger partial charge on any atom is 0.303 e. The highest BCUT2D eigenvalue weighted by Crippen LogP contribution is 2.77. The highest BCUT2D eigenvalue weighted by atomic mass is 16.6. The predicted octanol–water partition coefficient (Wildman–Crippen LogP) is 6.76. The van der Waals surface area contributed by atoms with Crippen molar-refractivity contribution in [2.45, 2.75) is 138 Å². The smallest absolute Gasteiger partial charge is 0.303 e.